The molecule has 5 nitrogen and oxygen atoms in total. The third-order valence-electron chi connectivity index (χ3n) is 6.35. The summed E-state index contributed by atoms with van der Waals surface area (Å²) in [6.45, 7) is 2.02. The molecule has 3 rings (SSSR count). The van der Waals surface area contributed by atoms with Crippen molar-refractivity contribution in [1.82, 2.24) is 4.90 Å². The number of aryl methyl sites for hydroxylation is 2. The molecule has 0 aliphatic carbocycles. The normalized spacial score (nSPS) is 18.5. The Hall–Kier alpha value is -3.02. The van der Waals surface area contributed by atoms with Crippen molar-refractivity contribution >= 4 is 23.2 Å². The first-order valence-corrected chi connectivity index (χ1v) is 13.2. The average molecular weight is 530 g/mol. The molecule has 37 heavy (non-hydrogen) atoms. The van der Waals surface area contributed by atoms with Crippen molar-refractivity contribution in [3.05, 3.63) is 69.9 Å². The summed E-state index contributed by atoms with van der Waals surface area (Å²) in [5.41, 5.74) is 1.22. The van der Waals surface area contributed by atoms with Crippen molar-refractivity contribution in [3.8, 4) is 11.8 Å². The van der Waals surface area contributed by atoms with Crippen LogP contribution in [0.4, 0.5) is 8.78 Å². The summed E-state index contributed by atoms with van der Waals surface area (Å²) >= 11 is 1.29. The molecule has 0 radical (unpaired) electrons. The third kappa shape index (κ3) is 8.24. The Morgan fingerprint density at radius 1 is 1.24 bits per heavy atom. The van der Waals surface area contributed by atoms with Crippen molar-refractivity contribution in [2.24, 2.45) is 5.92 Å². The zero-order chi connectivity index (χ0) is 26.8. The quantitative estimate of drug-likeness (QED) is 0.244. The number of alkyl halides is 2. The van der Waals surface area contributed by atoms with Gasteiger partial charge in [0.05, 0.1) is 19.3 Å². The molecule has 0 unspecified atom stereocenters. The number of methoxy groups -OCH3 is 1. The highest BCUT2D eigenvalue weighted by atomic mass is 32.1. The van der Waals surface area contributed by atoms with Crippen LogP contribution in [0.5, 0.6) is 0 Å². The van der Waals surface area contributed by atoms with E-state index in [0.29, 0.717) is 24.1 Å². The number of carbonyl (C=O) groups is 2. The van der Waals surface area contributed by atoms with Crippen molar-refractivity contribution in [3.63, 3.8) is 0 Å². The number of amides is 1. The number of carbonyl (C=O) groups excluding carboxylic acids is 2. The molecule has 198 valence electrons. The summed E-state index contributed by atoms with van der Waals surface area (Å²) < 4.78 is 33.1. The van der Waals surface area contributed by atoms with E-state index in [0.717, 1.165) is 17.7 Å². The van der Waals surface area contributed by atoms with Crippen LogP contribution in [0.25, 0.3) is 0 Å². The number of esters is 1. The van der Waals surface area contributed by atoms with E-state index in [9.17, 15) is 23.5 Å². The molecule has 2 heterocycles. The van der Waals surface area contributed by atoms with Gasteiger partial charge < -0.3 is 14.7 Å². The first kappa shape index (κ1) is 28.5. The SMILES string of the molecule is COC(=O)c1ccc(CCCN2C(=O)C(F)(F)C[C@@H]2/C=C/[C@@H](O)[C@H](C)CC#CCCc2ccccc2)s1. The number of hydrogen-bond acceptors (Lipinski definition) is 5. The minimum atomic E-state index is -3.42. The van der Waals surface area contributed by atoms with Crippen LogP contribution in [0, 0.1) is 17.8 Å². The van der Waals surface area contributed by atoms with E-state index in [2.05, 4.69) is 24.0 Å². The Bertz CT molecular complexity index is 1140. The van der Waals surface area contributed by atoms with Gasteiger partial charge in [-0.3, -0.25) is 4.79 Å². The van der Waals surface area contributed by atoms with Crippen LogP contribution < -0.4 is 0 Å². The first-order valence-electron chi connectivity index (χ1n) is 12.4. The molecule has 0 saturated carbocycles. The summed E-state index contributed by atoms with van der Waals surface area (Å²) in [6, 6.07) is 12.8. The number of likely N-dealkylation sites (tertiary alicyclic amines) is 1. The first-order chi connectivity index (χ1) is 17.7. The van der Waals surface area contributed by atoms with Crippen molar-refractivity contribution in [2.45, 2.75) is 63.5 Å². The second-order valence-electron chi connectivity index (χ2n) is 9.23. The topological polar surface area (TPSA) is 66.8 Å². The molecule has 1 aromatic carbocycles. The van der Waals surface area contributed by atoms with Crippen LogP contribution in [-0.4, -0.2) is 53.6 Å². The number of benzene rings is 1. The van der Waals surface area contributed by atoms with E-state index in [1.807, 2.05) is 25.1 Å². The molecule has 1 fully saturated rings. The van der Waals surface area contributed by atoms with Crippen molar-refractivity contribution < 1.29 is 28.2 Å². The standard InChI is InChI=1S/C29H33F2NO4S/c1-21(10-5-3-6-11-22-12-7-4-8-13-22)25(33)17-15-23-20-29(30,31)28(35)32(23)19-9-14-24-16-18-26(37-24)27(34)36-2/h4,7-8,12-13,15-18,21,23,25,33H,6,9-11,14,19-20H2,1-2H3/b17-15+/t21-,23+,25-/m1/s1. The summed E-state index contributed by atoms with van der Waals surface area (Å²) in [7, 11) is 1.31. The molecule has 1 aromatic heterocycles. The van der Waals surface area contributed by atoms with Gasteiger partial charge in [-0.15, -0.1) is 23.2 Å². The van der Waals surface area contributed by atoms with Gasteiger partial charge in [-0.1, -0.05) is 49.4 Å². The Morgan fingerprint density at radius 3 is 2.73 bits per heavy atom. The Balaban J connectivity index is 1.49. The summed E-state index contributed by atoms with van der Waals surface area (Å²) in [6.07, 6.45) is 4.68. The third-order valence-corrected chi connectivity index (χ3v) is 7.48. The van der Waals surface area contributed by atoms with Gasteiger partial charge in [0.15, 0.2) is 0 Å². The lowest BCUT2D eigenvalue weighted by Crippen LogP contribution is -2.36. The van der Waals surface area contributed by atoms with Crippen molar-refractivity contribution in [2.75, 3.05) is 13.7 Å². The fourth-order valence-electron chi connectivity index (χ4n) is 4.13. The summed E-state index contributed by atoms with van der Waals surface area (Å²) in [5, 5.41) is 10.5. The van der Waals surface area contributed by atoms with Gasteiger partial charge in [0.25, 0.3) is 5.91 Å². The maximum atomic E-state index is 14.2. The van der Waals surface area contributed by atoms with Crippen LogP contribution in [0.15, 0.2) is 54.6 Å². The van der Waals surface area contributed by atoms with Gasteiger partial charge in [-0.25, -0.2) is 4.79 Å². The lowest BCUT2D eigenvalue weighted by Gasteiger charge is -2.22. The Morgan fingerprint density at radius 2 is 2.00 bits per heavy atom. The van der Waals surface area contributed by atoms with E-state index in [1.54, 1.807) is 12.1 Å². The molecule has 1 aliphatic rings. The number of aliphatic hydroxyl groups excluding tert-OH is 1. The van der Waals surface area contributed by atoms with Crippen molar-refractivity contribution in [1.29, 1.82) is 0 Å². The largest absolute Gasteiger partial charge is 0.465 e. The molecule has 0 bridgehead atoms. The number of hydrogen-bond donors (Lipinski definition) is 1. The number of aliphatic hydroxyl groups is 1. The number of nitrogens with zero attached hydrogens (tertiary/aromatic N) is 1. The minimum absolute atomic E-state index is 0.160. The molecular weight excluding hydrogens is 496 g/mol. The molecule has 0 spiro atoms. The lowest BCUT2D eigenvalue weighted by atomic mass is 9.99. The Labute approximate surface area is 221 Å². The predicted molar refractivity (Wildman–Crippen MR) is 141 cm³/mol. The summed E-state index contributed by atoms with van der Waals surface area (Å²) in [5.74, 6) is 1.03. The van der Waals surface area contributed by atoms with E-state index in [-0.39, 0.29) is 12.5 Å². The zero-order valence-corrected chi connectivity index (χ0v) is 22.0. The van der Waals surface area contributed by atoms with Gasteiger partial charge in [0.2, 0.25) is 0 Å². The molecule has 1 aliphatic heterocycles. The smallest absolute Gasteiger partial charge is 0.348 e. The van der Waals surface area contributed by atoms with Crippen LogP contribution in [0.2, 0.25) is 0 Å². The molecule has 8 heteroatoms. The van der Waals surface area contributed by atoms with Crippen LogP contribution in [0.1, 0.15) is 52.7 Å². The lowest BCUT2D eigenvalue weighted by molar-refractivity contribution is -0.148. The number of halogens is 2. The molecular formula is C29H33F2NO4S. The van der Waals surface area contributed by atoms with E-state index in [1.165, 1.54) is 41.1 Å². The molecule has 1 N–H and O–H groups in total. The molecule has 2 aromatic rings. The van der Waals surface area contributed by atoms with Gasteiger partial charge in [0, 0.05) is 30.7 Å². The van der Waals surface area contributed by atoms with E-state index < -0.39 is 36.4 Å². The van der Waals surface area contributed by atoms with Crippen LogP contribution >= 0.6 is 11.3 Å². The minimum Gasteiger partial charge on any atom is -0.465 e. The van der Waals surface area contributed by atoms with Crippen LogP contribution in [0.3, 0.4) is 0 Å². The summed E-state index contributed by atoms with van der Waals surface area (Å²) in [4.78, 5) is 26.5. The molecule has 1 amide bonds. The van der Waals surface area contributed by atoms with E-state index in [4.69, 9.17) is 4.74 Å². The predicted octanol–water partition coefficient (Wildman–Crippen LogP) is 5.28. The van der Waals surface area contributed by atoms with E-state index >= 15 is 0 Å². The highest BCUT2D eigenvalue weighted by Crippen LogP contribution is 2.34. The zero-order valence-electron chi connectivity index (χ0n) is 21.2. The maximum Gasteiger partial charge on any atom is 0.348 e. The second-order valence-corrected chi connectivity index (χ2v) is 10.4. The van der Waals surface area contributed by atoms with Gasteiger partial charge in [-0.2, -0.15) is 8.78 Å². The fraction of sp³-hybridized carbons (Fsp3) is 0.448. The monoisotopic (exact) mass is 529 g/mol. The number of rotatable bonds is 11. The average Bonchev–Trinajstić information content (AvgIpc) is 3.45. The molecule has 1 saturated heterocycles. The fourth-order valence-corrected chi connectivity index (χ4v) is 5.10. The Kier molecular flexibility index (Phi) is 10.4. The molecule has 3 atom stereocenters. The highest BCUT2D eigenvalue weighted by Gasteiger charge is 2.52. The number of thiophene rings is 1. The van der Waals surface area contributed by atoms with Gasteiger partial charge >= 0.3 is 11.9 Å². The van der Waals surface area contributed by atoms with Gasteiger partial charge in [0.1, 0.15) is 4.88 Å². The number of ether oxygens (including phenoxy) is 1. The van der Waals surface area contributed by atoms with Gasteiger partial charge in [-0.05, 0) is 42.9 Å². The maximum absolute atomic E-state index is 14.2. The highest BCUT2D eigenvalue weighted by molar-refractivity contribution is 7.13. The van der Waals surface area contributed by atoms with Crippen LogP contribution in [-0.2, 0) is 22.4 Å². The second kappa shape index (κ2) is 13.5.